The number of hydrogen-bond acceptors (Lipinski definition) is 2. The summed E-state index contributed by atoms with van der Waals surface area (Å²) in [6, 6.07) is 0.878. The van der Waals surface area contributed by atoms with Gasteiger partial charge in [0.1, 0.15) is 22.7 Å². The molecule has 2 atom stereocenters. The maximum absolute atomic E-state index is 14.7. The summed E-state index contributed by atoms with van der Waals surface area (Å²) in [7, 11) is 0. The van der Waals surface area contributed by atoms with Crippen LogP contribution in [-0.4, -0.2) is 36.0 Å². The molecule has 1 aromatic rings. The van der Waals surface area contributed by atoms with Crippen molar-refractivity contribution in [3.63, 3.8) is 0 Å². The van der Waals surface area contributed by atoms with Gasteiger partial charge in [-0.3, -0.25) is 4.79 Å². The SMILES string of the molecule is C[C@@H]1C(=O)NCCN1C(=O)NC(c1ccc(F)c(Cl)c1F)[C@H]1C[C@H](C2CC2)C1. The zero-order chi connectivity index (χ0) is 20.0. The molecule has 2 saturated carbocycles. The van der Waals surface area contributed by atoms with Crippen LogP contribution in [0.1, 0.15) is 44.2 Å². The van der Waals surface area contributed by atoms with Gasteiger partial charge in [0, 0.05) is 18.7 Å². The minimum atomic E-state index is -0.828. The van der Waals surface area contributed by atoms with E-state index in [0.29, 0.717) is 19.0 Å². The molecular formula is C20H24ClF2N3O2. The normalized spacial score (nSPS) is 28.4. The quantitative estimate of drug-likeness (QED) is 0.743. The molecule has 8 heteroatoms. The summed E-state index contributed by atoms with van der Waals surface area (Å²) in [5.74, 6) is -0.431. The second kappa shape index (κ2) is 7.50. The van der Waals surface area contributed by atoms with Gasteiger partial charge in [0.25, 0.3) is 0 Å². The Morgan fingerprint density at radius 1 is 1.29 bits per heavy atom. The molecule has 1 unspecified atom stereocenters. The van der Waals surface area contributed by atoms with Crippen LogP contribution in [0.3, 0.4) is 0 Å². The van der Waals surface area contributed by atoms with Crippen molar-refractivity contribution in [3.05, 3.63) is 34.4 Å². The van der Waals surface area contributed by atoms with Crippen LogP contribution in [0.2, 0.25) is 5.02 Å². The largest absolute Gasteiger partial charge is 0.353 e. The standard InChI is InChI=1S/C20H24ClF2N3O2/c1-10-19(27)24-6-7-26(10)20(28)25-18(13-8-12(9-13)11-2-3-11)14-4-5-15(22)16(21)17(14)23/h4-5,10-13,18H,2-3,6-9H2,1H3,(H,24,27)(H,25,28)/t10-,12-,13-,18?/m1/s1. The highest BCUT2D eigenvalue weighted by Crippen LogP contribution is 2.53. The van der Waals surface area contributed by atoms with Crippen molar-refractivity contribution in [2.75, 3.05) is 13.1 Å². The molecule has 3 amide bonds. The number of carbonyl (C=O) groups is 2. The molecule has 4 rings (SSSR count). The average Bonchev–Trinajstić information content (AvgIpc) is 3.45. The third-order valence-corrected chi connectivity index (χ3v) is 6.76. The molecule has 0 bridgehead atoms. The van der Waals surface area contributed by atoms with E-state index in [0.717, 1.165) is 24.8 Å². The summed E-state index contributed by atoms with van der Waals surface area (Å²) < 4.78 is 28.4. The molecule has 2 N–H and O–H groups in total. The fraction of sp³-hybridized carbons (Fsp3) is 0.600. The molecule has 1 aromatic carbocycles. The van der Waals surface area contributed by atoms with Crippen molar-refractivity contribution >= 4 is 23.5 Å². The number of carbonyl (C=O) groups excluding carboxylic acids is 2. The number of rotatable bonds is 4. The van der Waals surface area contributed by atoms with Crippen molar-refractivity contribution in [1.82, 2.24) is 15.5 Å². The summed E-state index contributed by atoms with van der Waals surface area (Å²) in [6.45, 7) is 2.42. The van der Waals surface area contributed by atoms with Gasteiger partial charge in [-0.1, -0.05) is 17.7 Å². The Kier molecular flexibility index (Phi) is 5.21. The first kappa shape index (κ1) is 19.4. The Morgan fingerprint density at radius 3 is 2.68 bits per heavy atom. The molecule has 0 aromatic heterocycles. The number of hydrogen-bond donors (Lipinski definition) is 2. The van der Waals surface area contributed by atoms with Gasteiger partial charge in [0.05, 0.1) is 6.04 Å². The molecule has 0 spiro atoms. The van der Waals surface area contributed by atoms with Crippen LogP contribution >= 0.6 is 11.6 Å². The number of urea groups is 1. The summed E-state index contributed by atoms with van der Waals surface area (Å²) in [5, 5.41) is 5.07. The molecule has 0 radical (unpaired) electrons. The summed E-state index contributed by atoms with van der Waals surface area (Å²) in [4.78, 5) is 26.2. The van der Waals surface area contributed by atoms with Crippen LogP contribution in [-0.2, 0) is 4.79 Å². The predicted octanol–water partition coefficient (Wildman–Crippen LogP) is 3.63. The topological polar surface area (TPSA) is 61.4 Å². The van der Waals surface area contributed by atoms with Gasteiger partial charge in [0.2, 0.25) is 5.91 Å². The lowest BCUT2D eigenvalue weighted by Crippen LogP contribution is -2.59. The minimum absolute atomic E-state index is 0.0690. The van der Waals surface area contributed by atoms with Crippen molar-refractivity contribution in [2.24, 2.45) is 17.8 Å². The Balaban J connectivity index is 1.56. The third-order valence-electron chi connectivity index (χ3n) is 6.41. The van der Waals surface area contributed by atoms with E-state index >= 15 is 0 Å². The highest BCUT2D eigenvalue weighted by atomic mass is 35.5. The summed E-state index contributed by atoms with van der Waals surface area (Å²) in [5.41, 5.74) is 0.202. The third kappa shape index (κ3) is 3.56. The predicted molar refractivity (Wildman–Crippen MR) is 101 cm³/mol. The highest BCUT2D eigenvalue weighted by molar-refractivity contribution is 6.31. The average molecular weight is 412 g/mol. The fourth-order valence-corrected chi connectivity index (χ4v) is 4.61. The van der Waals surface area contributed by atoms with Crippen LogP contribution in [0.25, 0.3) is 0 Å². The molecule has 5 nitrogen and oxygen atoms in total. The van der Waals surface area contributed by atoms with Gasteiger partial charge >= 0.3 is 6.03 Å². The van der Waals surface area contributed by atoms with E-state index in [1.54, 1.807) is 6.92 Å². The molecule has 1 heterocycles. The first-order chi connectivity index (χ1) is 13.4. The minimum Gasteiger partial charge on any atom is -0.353 e. The zero-order valence-corrected chi connectivity index (χ0v) is 16.4. The molecule has 152 valence electrons. The zero-order valence-electron chi connectivity index (χ0n) is 15.7. The van der Waals surface area contributed by atoms with Crippen LogP contribution in [0.4, 0.5) is 13.6 Å². The van der Waals surface area contributed by atoms with Gasteiger partial charge in [-0.2, -0.15) is 0 Å². The first-order valence-corrected chi connectivity index (χ1v) is 10.2. The lowest BCUT2D eigenvalue weighted by atomic mass is 9.67. The fourth-order valence-electron chi connectivity index (χ4n) is 4.44. The van der Waals surface area contributed by atoms with Gasteiger partial charge < -0.3 is 15.5 Å². The Bertz CT molecular complexity index is 796. The van der Waals surface area contributed by atoms with Crippen molar-refractivity contribution in [1.29, 1.82) is 0 Å². The summed E-state index contributed by atoms with van der Waals surface area (Å²) in [6.07, 6.45) is 4.29. The van der Waals surface area contributed by atoms with E-state index in [1.165, 1.54) is 23.8 Å². The molecular weight excluding hydrogens is 388 g/mol. The van der Waals surface area contributed by atoms with E-state index < -0.39 is 34.8 Å². The Morgan fingerprint density at radius 2 is 2.00 bits per heavy atom. The Hall–Kier alpha value is -1.89. The monoisotopic (exact) mass is 411 g/mol. The molecule has 3 fully saturated rings. The second-order valence-electron chi connectivity index (χ2n) is 8.18. The smallest absolute Gasteiger partial charge is 0.318 e. The van der Waals surface area contributed by atoms with Crippen molar-refractivity contribution < 1.29 is 18.4 Å². The van der Waals surface area contributed by atoms with E-state index in [1.807, 2.05) is 0 Å². The van der Waals surface area contributed by atoms with Crippen LogP contribution in [0.15, 0.2) is 12.1 Å². The van der Waals surface area contributed by atoms with E-state index in [-0.39, 0.29) is 17.4 Å². The number of halogens is 3. The van der Waals surface area contributed by atoms with Gasteiger partial charge in [0.15, 0.2) is 0 Å². The molecule has 3 aliphatic rings. The second-order valence-corrected chi connectivity index (χ2v) is 8.56. The van der Waals surface area contributed by atoms with E-state index in [9.17, 15) is 18.4 Å². The molecule has 28 heavy (non-hydrogen) atoms. The first-order valence-electron chi connectivity index (χ1n) is 9.85. The number of nitrogens with one attached hydrogen (secondary N) is 2. The van der Waals surface area contributed by atoms with Gasteiger partial charge in [-0.25, -0.2) is 13.6 Å². The number of benzene rings is 1. The number of piperazine rings is 1. The Labute approximate surface area is 167 Å². The maximum atomic E-state index is 14.7. The maximum Gasteiger partial charge on any atom is 0.318 e. The van der Waals surface area contributed by atoms with E-state index in [2.05, 4.69) is 10.6 Å². The molecule has 1 saturated heterocycles. The van der Waals surface area contributed by atoms with Crippen LogP contribution in [0, 0.1) is 29.4 Å². The molecule has 2 aliphatic carbocycles. The number of nitrogens with zero attached hydrogens (tertiary/aromatic N) is 1. The van der Waals surface area contributed by atoms with Gasteiger partial charge in [-0.15, -0.1) is 0 Å². The van der Waals surface area contributed by atoms with E-state index in [4.69, 9.17) is 11.6 Å². The lowest BCUT2D eigenvalue weighted by Gasteiger charge is -2.42. The van der Waals surface area contributed by atoms with Crippen LogP contribution in [0.5, 0.6) is 0 Å². The number of amides is 3. The lowest BCUT2D eigenvalue weighted by molar-refractivity contribution is -0.127. The van der Waals surface area contributed by atoms with Crippen molar-refractivity contribution in [3.8, 4) is 0 Å². The highest BCUT2D eigenvalue weighted by Gasteiger charge is 2.45. The van der Waals surface area contributed by atoms with Crippen LogP contribution < -0.4 is 10.6 Å². The molecule has 1 aliphatic heterocycles. The summed E-state index contributed by atoms with van der Waals surface area (Å²) >= 11 is 5.78. The van der Waals surface area contributed by atoms with Crippen molar-refractivity contribution in [2.45, 2.75) is 44.7 Å². The van der Waals surface area contributed by atoms with Gasteiger partial charge in [-0.05, 0) is 56.4 Å².